The smallest absolute Gasteiger partial charge is 0.225 e. The molecule has 1 saturated carbocycles. The molecule has 0 unspecified atom stereocenters. The summed E-state index contributed by atoms with van der Waals surface area (Å²) < 4.78 is 5.97. The fourth-order valence-electron chi connectivity index (χ4n) is 3.55. The van der Waals surface area contributed by atoms with E-state index in [1.807, 2.05) is 24.8 Å². The first kappa shape index (κ1) is 16.9. The largest absolute Gasteiger partial charge is 0.474 e. The molecule has 6 heteroatoms. The summed E-state index contributed by atoms with van der Waals surface area (Å²) in [6, 6.07) is 1.85. The Labute approximate surface area is 142 Å². The summed E-state index contributed by atoms with van der Waals surface area (Å²) in [6.07, 6.45) is 4.28. The fraction of sp³-hybridized carbons (Fsp3) is 0.667. The molecule has 2 fully saturated rings. The van der Waals surface area contributed by atoms with E-state index < -0.39 is 0 Å². The van der Waals surface area contributed by atoms with Crippen molar-refractivity contribution in [3.05, 3.63) is 17.6 Å². The molecule has 0 spiro atoms. The van der Waals surface area contributed by atoms with Crippen molar-refractivity contribution in [2.75, 3.05) is 13.1 Å². The summed E-state index contributed by atoms with van der Waals surface area (Å²) in [5.74, 6) is 1.88. The van der Waals surface area contributed by atoms with Crippen LogP contribution in [0, 0.1) is 19.8 Å². The summed E-state index contributed by atoms with van der Waals surface area (Å²) in [6.45, 7) is 5.22. The van der Waals surface area contributed by atoms with Crippen molar-refractivity contribution >= 4 is 11.7 Å². The number of carbonyl (C=O) groups is 2. The minimum atomic E-state index is 0.0346. The lowest BCUT2D eigenvalue weighted by atomic mass is 9.87. The molecule has 0 atom stereocenters. The van der Waals surface area contributed by atoms with Crippen LogP contribution in [0.15, 0.2) is 6.07 Å². The molecule has 1 amide bonds. The number of aryl methyl sites for hydroxylation is 2. The van der Waals surface area contributed by atoms with Crippen molar-refractivity contribution in [2.24, 2.45) is 5.92 Å². The van der Waals surface area contributed by atoms with Crippen LogP contribution in [0.2, 0.25) is 0 Å². The summed E-state index contributed by atoms with van der Waals surface area (Å²) in [5, 5.41) is 0. The molecule has 6 nitrogen and oxygen atoms in total. The molecule has 0 radical (unpaired) electrons. The molecule has 0 bridgehead atoms. The van der Waals surface area contributed by atoms with Gasteiger partial charge in [0.05, 0.1) is 0 Å². The van der Waals surface area contributed by atoms with Gasteiger partial charge in [-0.15, -0.1) is 0 Å². The van der Waals surface area contributed by atoms with E-state index in [1.165, 1.54) is 0 Å². The lowest BCUT2D eigenvalue weighted by Crippen LogP contribution is -2.45. The molecular weight excluding hydrogens is 306 g/mol. The van der Waals surface area contributed by atoms with E-state index >= 15 is 0 Å². The number of carbonyl (C=O) groups excluding carboxylic acids is 2. The van der Waals surface area contributed by atoms with E-state index in [0.29, 0.717) is 43.2 Å². The number of likely N-dealkylation sites (tertiary alicyclic amines) is 1. The van der Waals surface area contributed by atoms with Crippen molar-refractivity contribution < 1.29 is 14.3 Å². The van der Waals surface area contributed by atoms with Crippen LogP contribution in [0.25, 0.3) is 0 Å². The molecule has 1 aliphatic carbocycles. The number of amides is 1. The van der Waals surface area contributed by atoms with Crippen molar-refractivity contribution in [3.8, 4) is 5.88 Å². The quantitative estimate of drug-likeness (QED) is 0.849. The zero-order valence-corrected chi connectivity index (χ0v) is 14.5. The van der Waals surface area contributed by atoms with Crippen molar-refractivity contribution in [3.63, 3.8) is 0 Å². The fourth-order valence-corrected chi connectivity index (χ4v) is 3.55. The predicted octanol–water partition coefficient (Wildman–Crippen LogP) is 2.22. The number of ether oxygens (including phenoxy) is 1. The predicted molar refractivity (Wildman–Crippen MR) is 88.7 cm³/mol. The summed E-state index contributed by atoms with van der Waals surface area (Å²) in [4.78, 5) is 34.4. The van der Waals surface area contributed by atoms with Gasteiger partial charge in [-0.05, 0) is 26.7 Å². The highest BCUT2D eigenvalue weighted by molar-refractivity contribution is 5.84. The van der Waals surface area contributed by atoms with Gasteiger partial charge in [0, 0.05) is 56.5 Å². The number of piperidine rings is 1. The minimum absolute atomic E-state index is 0.0346. The van der Waals surface area contributed by atoms with E-state index in [4.69, 9.17) is 4.74 Å². The summed E-state index contributed by atoms with van der Waals surface area (Å²) in [5.41, 5.74) is 0.900. The maximum absolute atomic E-state index is 12.6. The van der Waals surface area contributed by atoms with E-state index in [0.717, 1.165) is 31.6 Å². The first-order valence-corrected chi connectivity index (χ1v) is 8.80. The topological polar surface area (TPSA) is 72.4 Å². The molecule has 1 saturated heterocycles. The molecule has 1 aromatic rings. The average Bonchev–Trinajstić information content (AvgIpc) is 2.55. The zero-order chi connectivity index (χ0) is 17.1. The van der Waals surface area contributed by atoms with Gasteiger partial charge < -0.3 is 9.64 Å². The highest BCUT2D eigenvalue weighted by atomic mass is 16.5. The molecule has 24 heavy (non-hydrogen) atoms. The van der Waals surface area contributed by atoms with Gasteiger partial charge in [0.1, 0.15) is 17.7 Å². The van der Waals surface area contributed by atoms with Crippen LogP contribution in [-0.4, -0.2) is 45.8 Å². The summed E-state index contributed by atoms with van der Waals surface area (Å²) in [7, 11) is 0. The van der Waals surface area contributed by atoms with Crippen LogP contribution in [0.5, 0.6) is 5.88 Å². The third kappa shape index (κ3) is 4.10. The number of nitrogens with zero attached hydrogens (tertiary/aromatic N) is 3. The lowest BCUT2D eigenvalue weighted by molar-refractivity contribution is -0.139. The minimum Gasteiger partial charge on any atom is -0.474 e. The molecule has 0 N–H and O–H groups in total. The van der Waals surface area contributed by atoms with Crippen molar-refractivity contribution in [2.45, 2.75) is 58.5 Å². The van der Waals surface area contributed by atoms with Crippen molar-refractivity contribution in [1.82, 2.24) is 14.9 Å². The number of aromatic nitrogens is 2. The van der Waals surface area contributed by atoms with Crippen LogP contribution in [0.3, 0.4) is 0 Å². The molecule has 2 aliphatic rings. The van der Waals surface area contributed by atoms with Crippen LogP contribution < -0.4 is 4.74 Å². The Balaban J connectivity index is 1.50. The van der Waals surface area contributed by atoms with Gasteiger partial charge in [0.15, 0.2) is 0 Å². The van der Waals surface area contributed by atoms with Gasteiger partial charge in [-0.2, -0.15) is 4.98 Å². The monoisotopic (exact) mass is 331 g/mol. The zero-order valence-electron chi connectivity index (χ0n) is 14.5. The van der Waals surface area contributed by atoms with Crippen LogP contribution in [-0.2, 0) is 9.59 Å². The molecular formula is C18H25N3O3. The second-order valence-corrected chi connectivity index (χ2v) is 6.85. The Morgan fingerprint density at radius 3 is 2.42 bits per heavy atom. The normalized spacial score (nSPS) is 20.2. The van der Waals surface area contributed by atoms with E-state index in [2.05, 4.69) is 9.97 Å². The maximum Gasteiger partial charge on any atom is 0.225 e. The highest BCUT2D eigenvalue weighted by Gasteiger charge is 2.31. The lowest BCUT2D eigenvalue weighted by Gasteiger charge is -2.35. The van der Waals surface area contributed by atoms with E-state index in [9.17, 15) is 9.59 Å². The van der Waals surface area contributed by atoms with Crippen LogP contribution in [0.1, 0.15) is 50.0 Å². The highest BCUT2D eigenvalue weighted by Crippen LogP contribution is 2.26. The molecule has 0 aromatic carbocycles. The van der Waals surface area contributed by atoms with Crippen LogP contribution >= 0.6 is 0 Å². The number of hydrogen-bond donors (Lipinski definition) is 0. The van der Waals surface area contributed by atoms with Gasteiger partial charge in [-0.1, -0.05) is 0 Å². The Hall–Kier alpha value is -1.98. The van der Waals surface area contributed by atoms with E-state index in [-0.39, 0.29) is 17.9 Å². The first-order valence-electron chi connectivity index (χ1n) is 8.80. The molecule has 1 aliphatic heterocycles. The Bertz CT molecular complexity index is 594. The molecule has 3 rings (SSSR count). The van der Waals surface area contributed by atoms with Gasteiger partial charge >= 0.3 is 0 Å². The molecule has 130 valence electrons. The number of Topliss-reactive ketones (excluding diaryl/α,β-unsaturated/α-hetero) is 1. The van der Waals surface area contributed by atoms with Crippen LogP contribution in [0.4, 0.5) is 0 Å². The third-order valence-corrected chi connectivity index (χ3v) is 4.88. The SMILES string of the molecule is Cc1cc(OC2CCN(C(=O)C3CCC(=O)CC3)CC2)nc(C)n1. The van der Waals surface area contributed by atoms with Gasteiger partial charge in [0.2, 0.25) is 11.8 Å². The van der Waals surface area contributed by atoms with Crippen molar-refractivity contribution in [1.29, 1.82) is 0 Å². The number of rotatable bonds is 3. The Morgan fingerprint density at radius 2 is 1.79 bits per heavy atom. The molecule has 1 aromatic heterocycles. The first-order chi connectivity index (χ1) is 11.5. The van der Waals surface area contributed by atoms with Gasteiger partial charge in [0.25, 0.3) is 0 Å². The second kappa shape index (κ2) is 7.28. The molecule has 2 heterocycles. The average molecular weight is 331 g/mol. The van der Waals surface area contributed by atoms with Gasteiger partial charge in [-0.3, -0.25) is 9.59 Å². The van der Waals surface area contributed by atoms with E-state index in [1.54, 1.807) is 0 Å². The Kier molecular flexibility index (Phi) is 5.11. The summed E-state index contributed by atoms with van der Waals surface area (Å²) >= 11 is 0. The second-order valence-electron chi connectivity index (χ2n) is 6.85. The number of ketones is 1. The standard InChI is InChI=1S/C18H25N3O3/c1-12-11-17(20-13(2)19-12)24-16-7-9-21(10-8-16)18(23)14-3-5-15(22)6-4-14/h11,14,16H,3-10H2,1-2H3. The maximum atomic E-state index is 12.6. The number of hydrogen-bond acceptors (Lipinski definition) is 5. The Morgan fingerprint density at radius 1 is 1.12 bits per heavy atom. The third-order valence-electron chi connectivity index (χ3n) is 4.88. The van der Waals surface area contributed by atoms with Gasteiger partial charge in [-0.25, -0.2) is 4.98 Å².